The van der Waals surface area contributed by atoms with Gasteiger partial charge in [0.15, 0.2) is 0 Å². The first-order chi connectivity index (χ1) is 8.50. The summed E-state index contributed by atoms with van der Waals surface area (Å²) in [6.07, 6.45) is 7.87. The first kappa shape index (κ1) is 15.0. The van der Waals surface area contributed by atoms with Crippen LogP contribution in [0.25, 0.3) is 0 Å². The van der Waals surface area contributed by atoms with Gasteiger partial charge in [0.05, 0.1) is 15.2 Å². The van der Waals surface area contributed by atoms with Gasteiger partial charge in [0.25, 0.3) is 0 Å². The first-order valence-electron chi connectivity index (χ1n) is 6.82. The van der Waals surface area contributed by atoms with Crippen LogP contribution in [0.5, 0.6) is 5.75 Å². The molecule has 0 fully saturated rings. The Hall–Kier alpha value is -1.02. The molecule has 0 spiro atoms. The van der Waals surface area contributed by atoms with E-state index in [-0.39, 0.29) is 0 Å². The first-order valence-corrected chi connectivity index (χ1v) is 10.3. The second-order valence-electron chi connectivity index (χ2n) is 5.71. The van der Waals surface area contributed by atoms with Crippen LogP contribution in [-0.2, 0) is 6.42 Å². The fourth-order valence-electron chi connectivity index (χ4n) is 2.07. The van der Waals surface area contributed by atoms with Gasteiger partial charge in [-0.3, -0.25) is 0 Å². The summed E-state index contributed by atoms with van der Waals surface area (Å²) in [5.41, 5.74) is 1.31. The highest BCUT2D eigenvalue weighted by Crippen LogP contribution is 2.20. The molecule has 1 aromatic carbocycles. The molecular weight excluding hydrogens is 236 g/mol. The summed E-state index contributed by atoms with van der Waals surface area (Å²) >= 11 is 0. The molecule has 2 heteroatoms. The summed E-state index contributed by atoms with van der Waals surface area (Å²) in [6.45, 7) is 9.29. The van der Waals surface area contributed by atoms with Crippen LogP contribution in [0, 0.1) is 0 Å². The Labute approximate surface area is 113 Å². The molecule has 0 unspecified atom stereocenters. The minimum Gasteiger partial charge on any atom is -0.497 e. The maximum Gasteiger partial charge on any atom is 0.121 e. The van der Waals surface area contributed by atoms with E-state index >= 15 is 0 Å². The van der Waals surface area contributed by atoms with Crippen molar-refractivity contribution in [3.8, 4) is 5.75 Å². The summed E-state index contributed by atoms with van der Waals surface area (Å²) in [6, 6.07) is 6.57. The summed E-state index contributed by atoms with van der Waals surface area (Å²) in [4.78, 5) is 0. The second-order valence-corrected chi connectivity index (χ2v) is 10.8. The van der Waals surface area contributed by atoms with E-state index in [1.807, 2.05) is 0 Å². The molecule has 1 aromatic rings. The Morgan fingerprint density at radius 1 is 1.17 bits per heavy atom. The third-order valence-electron chi connectivity index (χ3n) is 3.07. The van der Waals surface area contributed by atoms with Crippen molar-refractivity contribution >= 4 is 13.3 Å². The molecule has 0 aliphatic heterocycles. The SMILES string of the molecule is CCC/C=C/Cc1cccc([Si](C)(C)C)c1OC. The van der Waals surface area contributed by atoms with Crippen molar-refractivity contribution in [1.82, 2.24) is 0 Å². The van der Waals surface area contributed by atoms with E-state index in [2.05, 4.69) is 56.9 Å². The number of allylic oxidation sites excluding steroid dienone is 2. The Morgan fingerprint density at radius 2 is 1.89 bits per heavy atom. The minimum atomic E-state index is -1.33. The van der Waals surface area contributed by atoms with E-state index in [0.29, 0.717) is 0 Å². The lowest BCUT2D eigenvalue weighted by atomic mass is 10.1. The maximum atomic E-state index is 5.66. The predicted octanol–water partition coefficient (Wildman–Crippen LogP) is 4.14. The van der Waals surface area contributed by atoms with E-state index in [9.17, 15) is 0 Å². The Morgan fingerprint density at radius 3 is 2.44 bits per heavy atom. The molecule has 0 atom stereocenters. The Kier molecular flexibility index (Phi) is 5.67. The molecular formula is C16H26OSi. The van der Waals surface area contributed by atoms with Crippen LogP contribution in [-0.4, -0.2) is 15.2 Å². The summed E-state index contributed by atoms with van der Waals surface area (Å²) < 4.78 is 5.66. The van der Waals surface area contributed by atoms with Crippen LogP contribution >= 0.6 is 0 Å². The van der Waals surface area contributed by atoms with Crippen molar-refractivity contribution in [3.05, 3.63) is 35.9 Å². The van der Waals surface area contributed by atoms with E-state index in [1.54, 1.807) is 7.11 Å². The standard InChI is InChI=1S/C16H26OSi/c1-6-7-8-9-11-14-12-10-13-15(16(14)17-2)18(3,4)5/h8-10,12-13H,6-7,11H2,1-5H3/b9-8+. The van der Waals surface area contributed by atoms with Gasteiger partial charge in [-0.15, -0.1) is 0 Å². The van der Waals surface area contributed by atoms with Crippen molar-refractivity contribution < 1.29 is 4.74 Å². The van der Waals surface area contributed by atoms with Gasteiger partial charge in [-0.05, 0) is 23.6 Å². The van der Waals surface area contributed by atoms with Gasteiger partial charge in [-0.25, -0.2) is 0 Å². The monoisotopic (exact) mass is 262 g/mol. The zero-order valence-corrected chi connectivity index (χ0v) is 13.4. The Bertz CT molecular complexity index is 402. The molecule has 0 saturated carbocycles. The number of rotatable bonds is 6. The largest absolute Gasteiger partial charge is 0.497 e. The third kappa shape index (κ3) is 4.02. The quantitative estimate of drug-likeness (QED) is 0.553. The highest BCUT2D eigenvalue weighted by atomic mass is 28.3. The van der Waals surface area contributed by atoms with Crippen LogP contribution in [0.1, 0.15) is 25.3 Å². The smallest absolute Gasteiger partial charge is 0.121 e. The van der Waals surface area contributed by atoms with Crippen LogP contribution in [0.2, 0.25) is 19.6 Å². The fourth-order valence-corrected chi connectivity index (χ4v) is 3.61. The number of hydrogen-bond acceptors (Lipinski definition) is 1. The predicted molar refractivity (Wildman–Crippen MR) is 83.7 cm³/mol. The normalized spacial score (nSPS) is 12.1. The van der Waals surface area contributed by atoms with Crippen molar-refractivity contribution in [2.24, 2.45) is 0 Å². The fraction of sp³-hybridized carbons (Fsp3) is 0.500. The molecule has 1 rings (SSSR count). The molecule has 18 heavy (non-hydrogen) atoms. The number of hydrogen-bond donors (Lipinski definition) is 0. The summed E-state index contributed by atoms with van der Waals surface area (Å²) in [5.74, 6) is 1.11. The molecule has 0 N–H and O–H groups in total. The van der Waals surface area contributed by atoms with Gasteiger partial charge < -0.3 is 4.74 Å². The third-order valence-corrected chi connectivity index (χ3v) is 5.08. The average Bonchev–Trinajstić information content (AvgIpc) is 2.33. The van der Waals surface area contributed by atoms with Crippen molar-refractivity contribution in [1.29, 1.82) is 0 Å². The van der Waals surface area contributed by atoms with Gasteiger partial charge in [0, 0.05) is 0 Å². The van der Waals surface area contributed by atoms with Gasteiger partial charge in [0.2, 0.25) is 0 Å². The van der Waals surface area contributed by atoms with Crippen LogP contribution in [0.3, 0.4) is 0 Å². The van der Waals surface area contributed by atoms with Crippen LogP contribution < -0.4 is 9.92 Å². The molecule has 0 aliphatic carbocycles. The highest BCUT2D eigenvalue weighted by Gasteiger charge is 2.22. The minimum absolute atomic E-state index is 0.974. The molecule has 0 aromatic heterocycles. The number of unbranched alkanes of at least 4 members (excludes halogenated alkanes) is 1. The maximum absolute atomic E-state index is 5.66. The lowest BCUT2D eigenvalue weighted by Crippen LogP contribution is -2.38. The molecule has 0 saturated heterocycles. The molecule has 0 aliphatic rings. The van der Waals surface area contributed by atoms with E-state index in [0.717, 1.165) is 18.6 Å². The topological polar surface area (TPSA) is 9.23 Å². The van der Waals surface area contributed by atoms with Crippen LogP contribution in [0.4, 0.5) is 0 Å². The second kappa shape index (κ2) is 6.79. The van der Waals surface area contributed by atoms with Crippen molar-refractivity contribution in [3.63, 3.8) is 0 Å². The summed E-state index contributed by atoms with van der Waals surface area (Å²) in [7, 11) is 0.456. The van der Waals surface area contributed by atoms with Crippen molar-refractivity contribution in [2.75, 3.05) is 7.11 Å². The highest BCUT2D eigenvalue weighted by molar-refractivity contribution is 6.89. The lowest BCUT2D eigenvalue weighted by molar-refractivity contribution is 0.414. The van der Waals surface area contributed by atoms with Crippen molar-refractivity contribution in [2.45, 2.75) is 45.8 Å². The Balaban J connectivity index is 2.98. The molecule has 1 nitrogen and oxygen atoms in total. The number of para-hydroxylation sites is 1. The average molecular weight is 262 g/mol. The molecule has 0 bridgehead atoms. The molecule has 0 heterocycles. The summed E-state index contributed by atoms with van der Waals surface area (Å²) in [5, 5.41) is 1.42. The van der Waals surface area contributed by atoms with Gasteiger partial charge in [-0.2, -0.15) is 0 Å². The van der Waals surface area contributed by atoms with E-state index in [1.165, 1.54) is 17.2 Å². The van der Waals surface area contributed by atoms with E-state index in [4.69, 9.17) is 4.74 Å². The zero-order chi connectivity index (χ0) is 13.6. The van der Waals surface area contributed by atoms with Gasteiger partial charge >= 0.3 is 0 Å². The number of ether oxygens (including phenoxy) is 1. The van der Waals surface area contributed by atoms with Crippen LogP contribution in [0.15, 0.2) is 30.4 Å². The molecule has 0 radical (unpaired) electrons. The lowest BCUT2D eigenvalue weighted by Gasteiger charge is -2.22. The number of methoxy groups -OCH3 is 1. The number of benzene rings is 1. The van der Waals surface area contributed by atoms with Gasteiger partial charge in [0.1, 0.15) is 5.75 Å². The van der Waals surface area contributed by atoms with E-state index < -0.39 is 8.07 Å². The van der Waals surface area contributed by atoms with Gasteiger partial charge in [-0.1, -0.05) is 63.3 Å². The molecule has 0 amide bonds. The zero-order valence-electron chi connectivity index (χ0n) is 12.4. The molecule has 100 valence electrons.